The minimum Gasteiger partial charge on any atom is -0.294 e. The van der Waals surface area contributed by atoms with Crippen LogP contribution in [0.5, 0.6) is 0 Å². The largest absolute Gasteiger partial charge is 0.294 e. The second-order valence-electron chi connectivity index (χ2n) is 3.52. The topological polar surface area (TPSA) is 30.2 Å². The van der Waals surface area contributed by atoms with Crippen molar-refractivity contribution < 1.29 is 8.78 Å². The van der Waals surface area contributed by atoms with Crippen LogP contribution in [-0.2, 0) is 0 Å². The molecule has 0 aliphatic carbocycles. The summed E-state index contributed by atoms with van der Waals surface area (Å²) in [5.74, 6) is 0.729. The molecule has 0 N–H and O–H groups in total. The first kappa shape index (κ1) is 11.4. The molecule has 0 amide bonds. The van der Waals surface area contributed by atoms with Gasteiger partial charge < -0.3 is 0 Å². The molecule has 1 aromatic carbocycles. The van der Waals surface area contributed by atoms with E-state index >= 15 is 0 Å². The zero-order valence-corrected chi connectivity index (χ0v) is 9.22. The Balaban J connectivity index is 2.21. The van der Waals surface area contributed by atoms with E-state index in [1.54, 1.807) is 35.4 Å². The van der Waals surface area contributed by atoms with Crippen LogP contribution in [0.1, 0.15) is 18.9 Å². The summed E-state index contributed by atoms with van der Waals surface area (Å²) in [5, 5.41) is 0. The number of aromatic nitrogens is 2. The van der Waals surface area contributed by atoms with Gasteiger partial charge in [0, 0.05) is 18.0 Å². The Kier molecular flexibility index (Phi) is 3.27. The van der Waals surface area contributed by atoms with Crippen LogP contribution >= 0.6 is 0 Å². The molecule has 5 heteroatoms. The molecule has 2 aromatic rings. The van der Waals surface area contributed by atoms with E-state index in [1.165, 1.54) is 12.1 Å². The first-order valence-corrected chi connectivity index (χ1v) is 5.08. The van der Waals surface area contributed by atoms with Gasteiger partial charge in [-0.05, 0) is 19.1 Å². The molecule has 0 saturated carbocycles. The third-order valence-corrected chi connectivity index (χ3v) is 2.31. The van der Waals surface area contributed by atoms with Crippen LogP contribution in [0.3, 0.4) is 0 Å². The lowest BCUT2D eigenvalue weighted by Crippen LogP contribution is -2.03. The molecule has 2 rings (SSSR count). The van der Waals surface area contributed by atoms with Crippen molar-refractivity contribution in [3.8, 4) is 0 Å². The first-order valence-electron chi connectivity index (χ1n) is 5.08. The monoisotopic (exact) mass is 235 g/mol. The molecule has 0 saturated heterocycles. The highest BCUT2D eigenvalue weighted by molar-refractivity contribution is 5.84. The van der Waals surface area contributed by atoms with Gasteiger partial charge in [-0.3, -0.25) is 4.57 Å². The maximum atomic E-state index is 12.3. The molecular formula is C12H11F2N3. The predicted octanol–water partition coefficient (Wildman–Crippen LogP) is 3.42. The van der Waals surface area contributed by atoms with E-state index in [4.69, 9.17) is 0 Å². The van der Waals surface area contributed by atoms with Crippen molar-refractivity contribution in [1.29, 1.82) is 0 Å². The van der Waals surface area contributed by atoms with Crippen LogP contribution < -0.4 is 0 Å². The van der Waals surface area contributed by atoms with Gasteiger partial charge in [0.15, 0.2) is 0 Å². The Morgan fingerprint density at radius 1 is 1.29 bits per heavy atom. The summed E-state index contributed by atoms with van der Waals surface area (Å²) < 4.78 is 26.4. The van der Waals surface area contributed by atoms with Crippen molar-refractivity contribution in [3.63, 3.8) is 0 Å². The van der Waals surface area contributed by atoms with Gasteiger partial charge in [-0.2, -0.15) is 0 Å². The lowest BCUT2D eigenvalue weighted by molar-refractivity contribution is 0.151. The highest BCUT2D eigenvalue weighted by Crippen LogP contribution is 2.21. The van der Waals surface area contributed by atoms with Crippen LogP contribution in [0.25, 0.3) is 0 Å². The van der Waals surface area contributed by atoms with Crippen molar-refractivity contribution in [3.05, 3.63) is 48.5 Å². The van der Waals surface area contributed by atoms with Gasteiger partial charge in [-0.25, -0.2) is 18.8 Å². The quantitative estimate of drug-likeness (QED) is 0.579. The number of hydrogen-bond acceptors (Lipinski definition) is 2. The lowest BCUT2D eigenvalue weighted by Gasteiger charge is -2.02. The fourth-order valence-corrected chi connectivity index (χ4v) is 1.39. The smallest absolute Gasteiger partial charge is 0.263 e. The average molecular weight is 235 g/mol. The number of halogens is 2. The normalized spacial score (nSPS) is 12.1. The van der Waals surface area contributed by atoms with Gasteiger partial charge in [0.1, 0.15) is 12.2 Å². The maximum Gasteiger partial charge on any atom is 0.263 e. The Labute approximate surface area is 97.4 Å². The fraction of sp³-hybridized carbons (Fsp3) is 0.167. The van der Waals surface area contributed by atoms with Crippen molar-refractivity contribution in [1.82, 2.24) is 9.55 Å². The molecular weight excluding hydrogens is 224 g/mol. The number of imidazole rings is 1. The number of nitrogens with zero attached hydrogens (tertiary/aromatic N) is 3. The minimum atomic E-state index is -2.44. The Morgan fingerprint density at radius 2 is 2.00 bits per heavy atom. The van der Waals surface area contributed by atoms with Gasteiger partial charge in [0.2, 0.25) is 0 Å². The summed E-state index contributed by atoms with van der Waals surface area (Å²) in [7, 11) is 0. The van der Waals surface area contributed by atoms with Crippen LogP contribution in [0, 0.1) is 0 Å². The number of hydrogen-bond donors (Lipinski definition) is 0. The highest BCUT2D eigenvalue weighted by atomic mass is 19.3. The molecule has 0 atom stereocenters. The molecule has 0 spiro atoms. The molecule has 1 aromatic heterocycles. The van der Waals surface area contributed by atoms with Crippen molar-refractivity contribution in [2.45, 2.75) is 13.3 Å². The summed E-state index contributed by atoms with van der Waals surface area (Å²) in [5.41, 5.74) is 0.643. The fourth-order valence-electron chi connectivity index (χ4n) is 1.39. The standard InChI is InChI=1S/C12H11F2N3/c1-9(17-7-6-15-8-17)16-11-4-2-10(3-5-11)12(13)14/h2-8,12H,1H3/b16-9+. The molecule has 88 valence electrons. The summed E-state index contributed by atoms with van der Waals surface area (Å²) in [6, 6.07) is 5.90. The molecule has 0 fully saturated rings. The third kappa shape index (κ3) is 2.75. The van der Waals surface area contributed by atoms with Crippen molar-refractivity contribution in [2.24, 2.45) is 4.99 Å². The number of rotatable bonds is 2. The van der Waals surface area contributed by atoms with Crippen LogP contribution in [0.15, 0.2) is 48.0 Å². The Hall–Kier alpha value is -2.04. The zero-order chi connectivity index (χ0) is 12.3. The van der Waals surface area contributed by atoms with Gasteiger partial charge in [-0.15, -0.1) is 0 Å². The Bertz CT molecular complexity index is 501. The van der Waals surface area contributed by atoms with E-state index in [9.17, 15) is 8.78 Å². The molecule has 1 heterocycles. The summed E-state index contributed by atoms with van der Waals surface area (Å²) >= 11 is 0. The predicted molar refractivity (Wildman–Crippen MR) is 61.8 cm³/mol. The van der Waals surface area contributed by atoms with Gasteiger partial charge >= 0.3 is 0 Å². The van der Waals surface area contributed by atoms with E-state index in [-0.39, 0.29) is 5.56 Å². The summed E-state index contributed by atoms with van der Waals surface area (Å²) in [6.07, 6.45) is 2.61. The summed E-state index contributed by atoms with van der Waals surface area (Å²) in [4.78, 5) is 8.20. The second-order valence-corrected chi connectivity index (χ2v) is 3.52. The van der Waals surface area contributed by atoms with Crippen LogP contribution in [-0.4, -0.2) is 15.4 Å². The van der Waals surface area contributed by atoms with Gasteiger partial charge in [0.25, 0.3) is 6.43 Å². The second kappa shape index (κ2) is 4.86. The molecule has 0 bridgehead atoms. The lowest BCUT2D eigenvalue weighted by atomic mass is 10.2. The van der Waals surface area contributed by atoms with E-state index in [1.807, 2.05) is 6.92 Å². The average Bonchev–Trinajstić information content (AvgIpc) is 2.83. The third-order valence-electron chi connectivity index (χ3n) is 2.31. The van der Waals surface area contributed by atoms with Crippen LogP contribution in [0.4, 0.5) is 14.5 Å². The zero-order valence-electron chi connectivity index (χ0n) is 9.22. The maximum absolute atomic E-state index is 12.3. The molecule has 17 heavy (non-hydrogen) atoms. The van der Waals surface area contributed by atoms with Crippen molar-refractivity contribution >= 4 is 11.5 Å². The van der Waals surface area contributed by atoms with E-state index < -0.39 is 6.43 Å². The number of benzene rings is 1. The Morgan fingerprint density at radius 3 is 2.53 bits per heavy atom. The van der Waals surface area contributed by atoms with E-state index in [2.05, 4.69) is 9.98 Å². The van der Waals surface area contributed by atoms with Gasteiger partial charge in [-0.1, -0.05) is 12.1 Å². The number of aliphatic imine (C=N–C) groups is 1. The van der Waals surface area contributed by atoms with Gasteiger partial charge in [0.05, 0.1) is 5.69 Å². The molecule has 0 aliphatic heterocycles. The molecule has 0 unspecified atom stereocenters. The first-order chi connectivity index (χ1) is 8.16. The summed E-state index contributed by atoms with van der Waals surface area (Å²) in [6.45, 7) is 1.82. The molecule has 0 radical (unpaired) electrons. The SMILES string of the molecule is C/C(=N\c1ccc(C(F)F)cc1)n1ccnc1. The van der Waals surface area contributed by atoms with E-state index in [0.717, 1.165) is 5.84 Å². The molecule has 0 aliphatic rings. The highest BCUT2D eigenvalue weighted by Gasteiger charge is 2.05. The molecule has 3 nitrogen and oxygen atoms in total. The van der Waals surface area contributed by atoms with Crippen molar-refractivity contribution in [2.75, 3.05) is 0 Å². The van der Waals surface area contributed by atoms with Crippen LogP contribution in [0.2, 0.25) is 0 Å². The van der Waals surface area contributed by atoms with E-state index in [0.29, 0.717) is 5.69 Å². The minimum absolute atomic E-state index is 0.00392. The number of alkyl halides is 2.